The Balaban J connectivity index is 1.36. The maximum Gasteiger partial charge on any atom is 0.320 e. The largest absolute Gasteiger partial charge is 0.320 e. The summed E-state index contributed by atoms with van der Waals surface area (Å²) in [6.07, 6.45) is 4.98. The number of hydrogen-bond acceptors (Lipinski definition) is 3. The number of hydrogen-bond donors (Lipinski definition) is 2. The summed E-state index contributed by atoms with van der Waals surface area (Å²) in [5, 5.41) is 5.77. The third-order valence-electron chi connectivity index (χ3n) is 5.06. The van der Waals surface area contributed by atoms with Crippen molar-refractivity contribution in [3.63, 3.8) is 0 Å². The number of fused-ring (bicyclic) bond motifs is 5. The minimum atomic E-state index is -0.476. The van der Waals surface area contributed by atoms with Crippen LogP contribution in [0.25, 0.3) is 0 Å². The fourth-order valence-electron chi connectivity index (χ4n) is 3.98. The van der Waals surface area contributed by atoms with Crippen LogP contribution in [-0.4, -0.2) is 29.4 Å². The maximum absolute atomic E-state index is 12.5. The van der Waals surface area contributed by atoms with Gasteiger partial charge in [-0.05, 0) is 42.5 Å². The highest BCUT2D eigenvalue weighted by atomic mass is 35.5. The van der Waals surface area contributed by atoms with Gasteiger partial charge in [0.25, 0.3) is 0 Å². The normalized spacial score (nSPS) is 30.0. The van der Waals surface area contributed by atoms with Gasteiger partial charge >= 0.3 is 6.03 Å². The van der Waals surface area contributed by atoms with Crippen molar-refractivity contribution in [1.29, 1.82) is 0 Å². The van der Waals surface area contributed by atoms with Gasteiger partial charge in [0, 0.05) is 10.7 Å². The Morgan fingerprint density at radius 2 is 1.67 bits per heavy atom. The first-order valence-electron chi connectivity index (χ1n) is 7.88. The molecular weight excluding hydrogens is 330 g/mol. The number of rotatable bonds is 3. The molecule has 124 valence electrons. The van der Waals surface area contributed by atoms with E-state index in [0.29, 0.717) is 10.7 Å². The quantitative estimate of drug-likeness (QED) is 0.651. The monoisotopic (exact) mass is 345 g/mol. The number of nitrogens with zero attached hydrogens (tertiary/aromatic N) is 1. The molecule has 0 aromatic heterocycles. The molecule has 4 unspecified atom stereocenters. The number of imide groups is 1. The molecular formula is C17H16ClN3O3. The van der Waals surface area contributed by atoms with Crippen molar-refractivity contribution in [2.24, 2.45) is 23.7 Å². The van der Waals surface area contributed by atoms with Gasteiger partial charge < -0.3 is 10.6 Å². The van der Waals surface area contributed by atoms with Gasteiger partial charge in [0.05, 0.1) is 11.8 Å². The zero-order valence-electron chi connectivity index (χ0n) is 12.7. The van der Waals surface area contributed by atoms with Gasteiger partial charge in [-0.15, -0.1) is 0 Å². The van der Waals surface area contributed by atoms with Crippen molar-refractivity contribution in [2.75, 3.05) is 12.0 Å². The Morgan fingerprint density at radius 1 is 1.08 bits per heavy atom. The van der Waals surface area contributed by atoms with Crippen molar-refractivity contribution < 1.29 is 14.4 Å². The Hall–Kier alpha value is -2.34. The lowest BCUT2D eigenvalue weighted by Gasteiger charge is -2.18. The van der Waals surface area contributed by atoms with Crippen LogP contribution in [0, 0.1) is 23.7 Å². The molecule has 1 aliphatic heterocycles. The van der Waals surface area contributed by atoms with Crippen molar-refractivity contribution in [3.8, 4) is 0 Å². The van der Waals surface area contributed by atoms with Crippen LogP contribution in [0.15, 0.2) is 36.4 Å². The van der Waals surface area contributed by atoms with E-state index in [-0.39, 0.29) is 42.2 Å². The zero-order chi connectivity index (χ0) is 16.8. The standard InChI is InChI=1S/C17H16ClN3O3/c18-11-3-5-12(6-4-11)20-17(24)19-8-21-15(22)13-9-1-2-10(7-9)14(13)16(21)23/h1-6,9-10,13-14H,7-8H2,(H2,19,20,24). The molecule has 0 spiro atoms. The van der Waals surface area contributed by atoms with Crippen LogP contribution in [0.2, 0.25) is 5.02 Å². The second-order valence-electron chi connectivity index (χ2n) is 6.40. The highest BCUT2D eigenvalue weighted by Crippen LogP contribution is 2.52. The second kappa shape index (κ2) is 5.63. The predicted molar refractivity (Wildman–Crippen MR) is 88.0 cm³/mol. The lowest BCUT2D eigenvalue weighted by molar-refractivity contribution is -0.140. The van der Waals surface area contributed by atoms with Crippen LogP contribution in [0.3, 0.4) is 0 Å². The summed E-state index contributed by atoms with van der Waals surface area (Å²) in [6, 6.07) is 6.18. The summed E-state index contributed by atoms with van der Waals surface area (Å²) >= 11 is 5.79. The van der Waals surface area contributed by atoms with Crippen LogP contribution in [0.1, 0.15) is 6.42 Å². The topological polar surface area (TPSA) is 78.5 Å². The summed E-state index contributed by atoms with van der Waals surface area (Å²) in [6.45, 7) is -0.108. The van der Waals surface area contributed by atoms with E-state index in [1.54, 1.807) is 24.3 Å². The predicted octanol–water partition coefficient (Wildman–Crippen LogP) is 2.23. The number of nitrogens with one attached hydrogen (secondary N) is 2. The number of likely N-dealkylation sites (tertiary alicyclic amines) is 1. The third-order valence-corrected chi connectivity index (χ3v) is 5.31. The Morgan fingerprint density at radius 3 is 2.25 bits per heavy atom. The number of allylic oxidation sites excluding steroid dienone is 2. The first kappa shape index (κ1) is 15.2. The van der Waals surface area contributed by atoms with Crippen molar-refractivity contribution >= 4 is 35.1 Å². The Bertz CT molecular complexity index is 716. The molecule has 3 aliphatic rings. The smallest absolute Gasteiger partial charge is 0.320 e. The molecule has 0 radical (unpaired) electrons. The number of halogens is 1. The van der Waals surface area contributed by atoms with Gasteiger partial charge in [0.2, 0.25) is 11.8 Å². The number of benzene rings is 1. The lowest BCUT2D eigenvalue weighted by Crippen LogP contribution is -2.43. The average Bonchev–Trinajstić information content (AvgIpc) is 3.23. The summed E-state index contributed by atoms with van der Waals surface area (Å²) < 4.78 is 0. The van der Waals surface area contributed by atoms with E-state index >= 15 is 0 Å². The molecule has 1 saturated heterocycles. The highest BCUT2D eigenvalue weighted by Gasteiger charge is 2.59. The van der Waals surface area contributed by atoms with Crippen LogP contribution in [0.5, 0.6) is 0 Å². The van der Waals surface area contributed by atoms with Gasteiger partial charge in [0.1, 0.15) is 6.67 Å². The molecule has 2 N–H and O–H groups in total. The molecule has 2 aliphatic carbocycles. The Labute approximate surface area is 143 Å². The molecule has 4 rings (SSSR count). The number of urea groups is 1. The van der Waals surface area contributed by atoms with Crippen LogP contribution in [0.4, 0.5) is 10.5 Å². The Kier molecular flexibility index (Phi) is 3.57. The van der Waals surface area contributed by atoms with Crippen LogP contribution < -0.4 is 10.6 Å². The zero-order valence-corrected chi connectivity index (χ0v) is 13.5. The molecule has 4 amide bonds. The average molecular weight is 346 g/mol. The first-order chi connectivity index (χ1) is 11.5. The number of carbonyl (C=O) groups is 3. The van der Waals surface area contributed by atoms with Crippen LogP contribution in [-0.2, 0) is 9.59 Å². The summed E-state index contributed by atoms with van der Waals surface area (Å²) in [5.74, 6) is -0.488. The molecule has 4 atom stereocenters. The number of carbonyl (C=O) groups excluding carboxylic acids is 3. The number of amides is 4. The second-order valence-corrected chi connectivity index (χ2v) is 6.84. The molecule has 2 fully saturated rings. The number of anilines is 1. The molecule has 2 bridgehead atoms. The van der Waals surface area contributed by atoms with Gasteiger partial charge in [-0.2, -0.15) is 0 Å². The first-order valence-corrected chi connectivity index (χ1v) is 8.26. The minimum Gasteiger partial charge on any atom is -0.320 e. The molecule has 6 nitrogen and oxygen atoms in total. The summed E-state index contributed by atoms with van der Waals surface area (Å²) in [4.78, 5) is 38.1. The molecule has 1 saturated carbocycles. The molecule has 7 heteroatoms. The van der Waals surface area contributed by atoms with Crippen molar-refractivity contribution in [1.82, 2.24) is 10.2 Å². The lowest BCUT2D eigenvalue weighted by atomic mass is 9.85. The molecule has 1 heterocycles. The van der Waals surface area contributed by atoms with E-state index < -0.39 is 6.03 Å². The van der Waals surface area contributed by atoms with E-state index in [0.717, 1.165) is 6.42 Å². The minimum absolute atomic E-state index is 0.108. The molecule has 1 aromatic carbocycles. The van der Waals surface area contributed by atoms with Crippen molar-refractivity contribution in [3.05, 3.63) is 41.4 Å². The van der Waals surface area contributed by atoms with Crippen molar-refractivity contribution in [2.45, 2.75) is 6.42 Å². The van der Waals surface area contributed by atoms with Gasteiger partial charge in [-0.1, -0.05) is 23.8 Å². The van der Waals surface area contributed by atoms with Gasteiger partial charge in [-0.3, -0.25) is 14.5 Å². The third kappa shape index (κ3) is 2.38. The fourth-order valence-corrected chi connectivity index (χ4v) is 4.11. The summed E-state index contributed by atoms with van der Waals surface area (Å²) in [5.41, 5.74) is 0.579. The van der Waals surface area contributed by atoms with E-state index in [9.17, 15) is 14.4 Å². The van der Waals surface area contributed by atoms with E-state index in [2.05, 4.69) is 10.6 Å². The highest BCUT2D eigenvalue weighted by molar-refractivity contribution is 6.30. The van der Waals surface area contributed by atoms with E-state index in [1.807, 2.05) is 12.2 Å². The molecule has 1 aromatic rings. The van der Waals surface area contributed by atoms with E-state index in [1.165, 1.54) is 4.90 Å². The van der Waals surface area contributed by atoms with Crippen LogP contribution >= 0.6 is 11.6 Å². The SMILES string of the molecule is O=C(NCN1C(=O)C2C3C=CC(C3)C2C1=O)Nc1ccc(Cl)cc1. The van der Waals surface area contributed by atoms with E-state index in [4.69, 9.17) is 11.6 Å². The van der Waals surface area contributed by atoms with Gasteiger partial charge in [0.15, 0.2) is 0 Å². The fraction of sp³-hybridized carbons (Fsp3) is 0.353. The van der Waals surface area contributed by atoms with Gasteiger partial charge in [-0.25, -0.2) is 4.79 Å². The summed E-state index contributed by atoms with van der Waals surface area (Å²) in [7, 11) is 0. The molecule has 24 heavy (non-hydrogen) atoms. The maximum atomic E-state index is 12.5.